The summed E-state index contributed by atoms with van der Waals surface area (Å²) in [6.07, 6.45) is 3.93. The fourth-order valence-corrected chi connectivity index (χ4v) is 1.65. The summed E-state index contributed by atoms with van der Waals surface area (Å²) in [5.41, 5.74) is 5.26. The van der Waals surface area contributed by atoms with Crippen molar-refractivity contribution in [2.45, 2.75) is 38.6 Å². The second kappa shape index (κ2) is 4.56. The molecule has 1 aliphatic rings. The van der Waals surface area contributed by atoms with E-state index in [1.165, 1.54) is 19.3 Å². The first-order valence-corrected chi connectivity index (χ1v) is 5.08. The van der Waals surface area contributed by atoms with Crippen LogP contribution in [0.15, 0.2) is 0 Å². The molecule has 1 amide bonds. The molecule has 1 saturated carbocycles. The quantitative estimate of drug-likeness (QED) is 0.665. The maximum atomic E-state index is 11.2. The predicted molar refractivity (Wildman–Crippen MR) is 56.3 cm³/mol. The van der Waals surface area contributed by atoms with Gasteiger partial charge < -0.3 is 11.1 Å². The Morgan fingerprint density at radius 2 is 2.31 bits per heavy atom. The molecule has 74 valence electrons. The number of hydrogen-bond donors (Lipinski definition) is 2. The highest BCUT2D eigenvalue weighted by Gasteiger charge is 2.24. The molecular formula is C9H16N2OS. The Kier molecular flexibility index (Phi) is 3.66. The van der Waals surface area contributed by atoms with Crippen molar-refractivity contribution in [2.24, 2.45) is 11.7 Å². The van der Waals surface area contributed by atoms with Crippen LogP contribution in [0.25, 0.3) is 0 Å². The molecule has 0 aromatic rings. The highest BCUT2D eigenvalue weighted by Crippen LogP contribution is 2.29. The van der Waals surface area contributed by atoms with Crippen molar-refractivity contribution in [3.63, 3.8) is 0 Å². The number of hydrogen-bond acceptors (Lipinski definition) is 2. The Bertz CT molecular complexity index is 214. The number of nitrogens with one attached hydrogen (secondary N) is 1. The lowest BCUT2D eigenvalue weighted by Gasteiger charge is -2.31. The molecule has 13 heavy (non-hydrogen) atoms. The summed E-state index contributed by atoms with van der Waals surface area (Å²) < 4.78 is 0. The lowest BCUT2D eigenvalue weighted by molar-refractivity contribution is -0.121. The number of carbonyl (C=O) groups excluding carboxylic acids is 1. The first kappa shape index (κ1) is 10.4. The van der Waals surface area contributed by atoms with Gasteiger partial charge in [-0.1, -0.05) is 18.6 Å². The number of nitrogens with two attached hydrogens (primary N) is 1. The molecule has 3 N–H and O–H groups in total. The number of carbonyl (C=O) groups is 1. The molecule has 0 aromatic heterocycles. The van der Waals surface area contributed by atoms with Gasteiger partial charge >= 0.3 is 0 Å². The molecule has 0 saturated heterocycles. The Hall–Kier alpha value is -0.640. The Morgan fingerprint density at radius 3 is 2.69 bits per heavy atom. The van der Waals surface area contributed by atoms with E-state index in [4.69, 9.17) is 5.73 Å². The Balaban J connectivity index is 2.22. The van der Waals surface area contributed by atoms with Crippen molar-refractivity contribution in [1.82, 2.24) is 5.32 Å². The van der Waals surface area contributed by atoms with Gasteiger partial charge in [0.05, 0.1) is 11.4 Å². The predicted octanol–water partition coefficient (Wildman–Crippen LogP) is 0.967. The SMILES string of the molecule is CC(NC(=O)CC(N)=S)C1CCC1. The van der Waals surface area contributed by atoms with E-state index in [0.29, 0.717) is 5.92 Å². The summed E-state index contributed by atoms with van der Waals surface area (Å²) >= 11 is 4.65. The lowest BCUT2D eigenvalue weighted by Crippen LogP contribution is -2.41. The van der Waals surface area contributed by atoms with Gasteiger partial charge in [-0.05, 0) is 25.7 Å². The maximum Gasteiger partial charge on any atom is 0.227 e. The smallest absolute Gasteiger partial charge is 0.227 e. The molecule has 1 aliphatic carbocycles. The van der Waals surface area contributed by atoms with Crippen LogP contribution in [0.5, 0.6) is 0 Å². The van der Waals surface area contributed by atoms with E-state index in [1.54, 1.807) is 0 Å². The van der Waals surface area contributed by atoms with Crippen LogP contribution in [0.1, 0.15) is 32.6 Å². The van der Waals surface area contributed by atoms with Crippen LogP contribution in [0.2, 0.25) is 0 Å². The van der Waals surface area contributed by atoms with E-state index in [9.17, 15) is 4.79 Å². The van der Waals surface area contributed by atoms with Gasteiger partial charge in [0.25, 0.3) is 0 Å². The van der Waals surface area contributed by atoms with Crippen LogP contribution >= 0.6 is 12.2 Å². The summed E-state index contributed by atoms with van der Waals surface area (Å²) in [5, 5.41) is 2.91. The molecule has 0 aromatic carbocycles. The van der Waals surface area contributed by atoms with Gasteiger partial charge in [0.2, 0.25) is 5.91 Å². The third kappa shape index (κ3) is 3.30. The molecule has 1 fully saturated rings. The van der Waals surface area contributed by atoms with Gasteiger partial charge in [0.15, 0.2) is 0 Å². The van der Waals surface area contributed by atoms with Crippen molar-refractivity contribution in [3.05, 3.63) is 0 Å². The number of rotatable bonds is 4. The minimum absolute atomic E-state index is 0.0492. The average Bonchev–Trinajstić information content (AvgIpc) is 1.78. The Morgan fingerprint density at radius 1 is 1.69 bits per heavy atom. The standard InChI is InChI=1S/C9H16N2OS/c1-6(7-3-2-4-7)11-9(12)5-8(10)13/h6-7H,2-5H2,1H3,(H2,10,13)(H,11,12). The molecule has 0 aliphatic heterocycles. The van der Waals surface area contributed by atoms with Crippen LogP contribution in [-0.4, -0.2) is 16.9 Å². The van der Waals surface area contributed by atoms with Crippen LogP contribution in [0.3, 0.4) is 0 Å². The lowest BCUT2D eigenvalue weighted by atomic mass is 9.80. The van der Waals surface area contributed by atoms with Crippen molar-refractivity contribution < 1.29 is 4.79 Å². The normalized spacial score (nSPS) is 18.8. The molecular weight excluding hydrogens is 184 g/mol. The average molecular weight is 200 g/mol. The topological polar surface area (TPSA) is 55.1 Å². The van der Waals surface area contributed by atoms with E-state index >= 15 is 0 Å². The first-order chi connectivity index (χ1) is 6.09. The maximum absolute atomic E-state index is 11.2. The second-order valence-electron chi connectivity index (χ2n) is 3.69. The molecule has 0 bridgehead atoms. The number of amides is 1. The van der Waals surface area contributed by atoms with Crippen LogP contribution in [0.4, 0.5) is 0 Å². The van der Waals surface area contributed by atoms with Crippen molar-refractivity contribution in [2.75, 3.05) is 0 Å². The van der Waals surface area contributed by atoms with Crippen LogP contribution in [0, 0.1) is 5.92 Å². The van der Waals surface area contributed by atoms with E-state index in [0.717, 1.165) is 0 Å². The summed E-state index contributed by atoms with van der Waals surface area (Å²) in [7, 11) is 0. The minimum atomic E-state index is -0.0492. The van der Waals surface area contributed by atoms with Gasteiger partial charge in [-0.2, -0.15) is 0 Å². The molecule has 4 heteroatoms. The molecule has 1 rings (SSSR count). The van der Waals surface area contributed by atoms with Gasteiger partial charge in [-0.15, -0.1) is 0 Å². The van der Waals surface area contributed by atoms with Crippen molar-refractivity contribution in [1.29, 1.82) is 0 Å². The van der Waals surface area contributed by atoms with Gasteiger partial charge in [0.1, 0.15) is 0 Å². The van der Waals surface area contributed by atoms with Gasteiger partial charge in [-0.3, -0.25) is 4.79 Å². The fraction of sp³-hybridized carbons (Fsp3) is 0.778. The number of thiocarbonyl (C=S) groups is 1. The first-order valence-electron chi connectivity index (χ1n) is 4.67. The summed E-state index contributed by atoms with van der Waals surface area (Å²) in [5.74, 6) is 0.613. The van der Waals surface area contributed by atoms with Gasteiger partial charge in [-0.25, -0.2) is 0 Å². The highest BCUT2D eigenvalue weighted by molar-refractivity contribution is 7.80. The molecule has 0 heterocycles. The molecule has 3 nitrogen and oxygen atoms in total. The van der Waals surface area contributed by atoms with E-state index in [1.807, 2.05) is 6.92 Å². The fourth-order valence-electron chi connectivity index (χ4n) is 1.52. The van der Waals surface area contributed by atoms with Crippen LogP contribution < -0.4 is 11.1 Å². The van der Waals surface area contributed by atoms with Crippen LogP contribution in [-0.2, 0) is 4.79 Å². The van der Waals surface area contributed by atoms with E-state index in [2.05, 4.69) is 17.5 Å². The summed E-state index contributed by atoms with van der Waals surface area (Å²) in [4.78, 5) is 11.5. The van der Waals surface area contributed by atoms with E-state index < -0.39 is 0 Å². The zero-order valence-corrected chi connectivity index (χ0v) is 8.69. The zero-order valence-electron chi connectivity index (χ0n) is 7.88. The van der Waals surface area contributed by atoms with Crippen molar-refractivity contribution in [3.8, 4) is 0 Å². The Labute approximate surface area is 84.1 Å². The largest absolute Gasteiger partial charge is 0.393 e. The molecule has 1 atom stereocenters. The third-order valence-electron chi connectivity index (χ3n) is 2.58. The van der Waals surface area contributed by atoms with E-state index in [-0.39, 0.29) is 23.4 Å². The second-order valence-corrected chi connectivity index (χ2v) is 4.21. The molecule has 0 spiro atoms. The molecule has 1 unspecified atom stereocenters. The highest BCUT2D eigenvalue weighted by atomic mass is 32.1. The van der Waals surface area contributed by atoms with Gasteiger partial charge in [0, 0.05) is 6.04 Å². The van der Waals surface area contributed by atoms with Crippen molar-refractivity contribution >= 4 is 23.1 Å². The third-order valence-corrected chi connectivity index (χ3v) is 2.72. The summed E-state index contributed by atoms with van der Waals surface area (Å²) in [6, 6.07) is 0.274. The summed E-state index contributed by atoms with van der Waals surface area (Å²) in [6.45, 7) is 2.04. The molecule has 0 radical (unpaired) electrons. The minimum Gasteiger partial charge on any atom is -0.393 e. The monoisotopic (exact) mass is 200 g/mol. The zero-order chi connectivity index (χ0) is 9.84.